The number of halogens is 2. The van der Waals surface area contributed by atoms with Gasteiger partial charge in [-0.15, -0.1) is 0 Å². The van der Waals surface area contributed by atoms with E-state index >= 15 is 0 Å². The summed E-state index contributed by atoms with van der Waals surface area (Å²) in [7, 11) is 1.87. The van der Waals surface area contributed by atoms with Crippen molar-refractivity contribution < 1.29 is 18.4 Å². The highest BCUT2D eigenvalue weighted by Crippen LogP contribution is 2.26. The van der Waals surface area contributed by atoms with Crippen LogP contribution in [0, 0.1) is 0 Å². The molecule has 0 unspecified atom stereocenters. The van der Waals surface area contributed by atoms with Gasteiger partial charge in [0.1, 0.15) is 11.3 Å². The van der Waals surface area contributed by atoms with E-state index < -0.39 is 5.92 Å². The zero-order valence-electron chi connectivity index (χ0n) is 19.8. The number of carbonyl (C=O) groups excluding carboxylic acids is 2. The number of nitrogens with zero attached hydrogens (tertiary/aromatic N) is 4. The number of nitrogens with one attached hydrogen (secondary N) is 1. The Labute approximate surface area is 198 Å². The molecule has 1 N–H and O–H groups in total. The molecule has 1 amide bonds. The third-order valence-corrected chi connectivity index (χ3v) is 5.98. The van der Waals surface area contributed by atoms with Crippen molar-refractivity contribution in [3.05, 3.63) is 54.1 Å². The summed E-state index contributed by atoms with van der Waals surface area (Å²) >= 11 is 0. The Kier molecular flexibility index (Phi) is 8.44. The summed E-state index contributed by atoms with van der Waals surface area (Å²) in [6.07, 6.45) is 7.68. The summed E-state index contributed by atoms with van der Waals surface area (Å²) in [6.45, 7) is 5.16. The number of aromatic nitrogens is 3. The van der Waals surface area contributed by atoms with Crippen LogP contribution in [0.4, 0.5) is 8.78 Å². The first kappa shape index (κ1) is 25.4. The molecule has 0 saturated carbocycles. The van der Waals surface area contributed by atoms with Gasteiger partial charge in [0.25, 0.3) is 11.8 Å². The van der Waals surface area contributed by atoms with Crippen LogP contribution in [0.15, 0.2) is 42.9 Å². The highest BCUT2D eigenvalue weighted by Gasteiger charge is 2.32. The van der Waals surface area contributed by atoms with Crippen molar-refractivity contribution in [1.82, 2.24) is 24.8 Å². The fourth-order valence-electron chi connectivity index (χ4n) is 3.67. The topological polar surface area (TPSA) is 80.1 Å². The smallest absolute Gasteiger partial charge is 0.270 e. The van der Waals surface area contributed by atoms with E-state index in [2.05, 4.69) is 15.3 Å². The van der Waals surface area contributed by atoms with E-state index in [4.69, 9.17) is 0 Å². The molecule has 34 heavy (non-hydrogen) atoms. The lowest BCUT2D eigenvalue weighted by Gasteiger charge is -2.28. The number of pyridine rings is 2. The Morgan fingerprint density at radius 2 is 1.85 bits per heavy atom. The molecule has 1 saturated heterocycles. The molecule has 0 aliphatic carbocycles. The fourth-order valence-corrected chi connectivity index (χ4v) is 3.67. The molecule has 3 aromatic heterocycles. The van der Waals surface area contributed by atoms with Gasteiger partial charge in [0.15, 0.2) is 6.29 Å². The van der Waals surface area contributed by atoms with E-state index in [-0.39, 0.29) is 24.8 Å². The number of carbonyl (C=O) groups is 2. The number of hydrogen-bond donors (Lipinski definition) is 1. The van der Waals surface area contributed by atoms with E-state index in [1.807, 2.05) is 48.7 Å². The summed E-state index contributed by atoms with van der Waals surface area (Å²) < 4.78 is 26.6. The average Bonchev–Trinajstić information content (AvgIpc) is 3.28. The number of piperidine rings is 1. The fraction of sp³-hybridized carbons (Fsp3) is 0.440. The van der Waals surface area contributed by atoms with E-state index in [1.165, 1.54) is 6.20 Å². The Balaban J connectivity index is 0.000000302. The van der Waals surface area contributed by atoms with Crippen LogP contribution >= 0.6 is 0 Å². The van der Waals surface area contributed by atoms with Gasteiger partial charge in [0, 0.05) is 55.3 Å². The second kappa shape index (κ2) is 11.3. The molecule has 3 aromatic rings. The standard InChI is InChI=1S/C19H20N4O2.C6H11F2N/c1-3-15(4-2)22-19(25)17-6-5-16(11-20-17)23-8-7-14-9-13(12-24)10-21-18(14)23;1-9-4-2-6(7,8)3-5-9/h5-12,15H,3-4H2,1-2H3,(H,22,25);2-5H2,1H3. The minimum absolute atomic E-state index is 0.0312. The summed E-state index contributed by atoms with van der Waals surface area (Å²) in [6, 6.07) is 7.39. The molecular formula is C25H31F2N5O2. The summed E-state index contributed by atoms with van der Waals surface area (Å²) in [4.78, 5) is 33.6. The van der Waals surface area contributed by atoms with Crippen LogP contribution in [0.2, 0.25) is 0 Å². The van der Waals surface area contributed by atoms with Gasteiger partial charge in [-0.3, -0.25) is 14.2 Å². The molecule has 7 nitrogen and oxygen atoms in total. The number of aldehydes is 1. The highest BCUT2D eigenvalue weighted by atomic mass is 19.3. The number of hydrogen-bond acceptors (Lipinski definition) is 5. The van der Waals surface area contributed by atoms with Crippen LogP contribution in [0.25, 0.3) is 16.7 Å². The van der Waals surface area contributed by atoms with Crippen LogP contribution in [-0.2, 0) is 0 Å². The van der Waals surface area contributed by atoms with Crippen LogP contribution in [-0.4, -0.2) is 63.7 Å². The van der Waals surface area contributed by atoms with Gasteiger partial charge in [-0.25, -0.2) is 18.7 Å². The Hall–Kier alpha value is -3.20. The van der Waals surface area contributed by atoms with Gasteiger partial charge in [0.2, 0.25) is 0 Å². The Morgan fingerprint density at radius 3 is 2.41 bits per heavy atom. The maximum Gasteiger partial charge on any atom is 0.270 e. The summed E-state index contributed by atoms with van der Waals surface area (Å²) in [5.41, 5.74) is 2.47. The van der Waals surface area contributed by atoms with Gasteiger partial charge in [0.05, 0.1) is 11.9 Å². The van der Waals surface area contributed by atoms with E-state index in [9.17, 15) is 18.4 Å². The zero-order valence-corrected chi connectivity index (χ0v) is 19.8. The van der Waals surface area contributed by atoms with Crippen molar-refractivity contribution in [2.24, 2.45) is 0 Å². The molecule has 1 fully saturated rings. The number of alkyl halides is 2. The van der Waals surface area contributed by atoms with E-state index in [0.717, 1.165) is 35.8 Å². The van der Waals surface area contributed by atoms with Crippen LogP contribution in [0.1, 0.15) is 60.4 Å². The van der Waals surface area contributed by atoms with Gasteiger partial charge >= 0.3 is 0 Å². The van der Waals surface area contributed by atoms with E-state index in [0.29, 0.717) is 24.3 Å². The van der Waals surface area contributed by atoms with Crippen molar-refractivity contribution in [2.75, 3.05) is 20.1 Å². The molecule has 0 spiro atoms. The van der Waals surface area contributed by atoms with Gasteiger partial charge in [-0.2, -0.15) is 0 Å². The predicted octanol–water partition coefficient (Wildman–Crippen LogP) is 4.50. The lowest BCUT2D eigenvalue weighted by Crippen LogP contribution is -2.36. The van der Waals surface area contributed by atoms with Crippen LogP contribution < -0.4 is 5.32 Å². The monoisotopic (exact) mass is 471 g/mol. The van der Waals surface area contributed by atoms with Crippen LogP contribution in [0.3, 0.4) is 0 Å². The Morgan fingerprint density at radius 1 is 1.15 bits per heavy atom. The van der Waals surface area contributed by atoms with Gasteiger partial charge < -0.3 is 10.2 Å². The maximum absolute atomic E-state index is 12.4. The summed E-state index contributed by atoms with van der Waals surface area (Å²) in [5.74, 6) is -2.54. The molecule has 0 aromatic carbocycles. The molecular weight excluding hydrogens is 440 g/mol. The molecule has 9 heteroatoms. The van der Waals surface area contributed by atoms with Crippen molar-refractivity contribution in [3.8, 4) is 5.69 Å². The average molecular weight is 472 g/mol. The van der Waals surface area contributed by atoms with Crippen molar-refractivity contribution in [1.29, 1.82) is 0 Å². The van der Waals surface area contributed by atoms with E-state index in [1.54, 1.807) is 18.3 Å². The lowest BCUT2D eigenvalue weighted by molar-refractivity contribution is -0.0504. The first-order valence-electron chi connectivity index (χ1n) is 11.5. The molecule has 1 aliphatic heterocycles. The first-order valence-corrected chi connectivity index (χ1v) is 11.5. The minimum atomic E-state index is -2.38. The molecule has 0 radical (unpaired) electrons. The second-order valence-electron chi connectivity index (χ2n) is 8.53. The third kappa shape index (κ3) is 6.44. The molecule has 4 rings (SSSR count). The van der Waals surface area contributed by atoms with Gasteiger partial charge in [-0.1, -0.05) is 13.8 Å². The highest BCUT2D eigenvalue weighted by molar-refractivity contribution is 5.92. The van der Waals surface area contributed by atoms with Crippen molar-refractivity contribution in [2.45, 2.75) is 51.5 Å². The van der Waals surface area contributed by atoms with Crippen molar-refractivity contribution >= 4 is 23.2 Å². The number of fused-ring (bicyclic) bond motifs is 1. The Bertz CT molecular complexity index is 1100. The lowest BCUT2D eigenvalue weighted by atomic mass is 10.1. The maximum atomic E-state index is 12.4. The van der Waals surface area contributed by atoms with Gasteiger partial charge in [-0.05, 0) is 44.2 Å². The minimum Gasteiger partial charge on any atom is -0.348 e. The quantitative estimate of drug-likeness (QED) is 0.536. The largest absolute Gasteiger partial charge is 0.348 e. The zero-order chi connectivity index (χ0) is 24.7. The first-order chi connectivity index (χ1) is 16.3. The summed E-state index contributed by atoms with van der Waals surface area (Å²) in [5, 5.41) is 3.85. The van der Waals surface area contributed by atoms with Crippen molar-refractivity contribution in [3.63, 3.8) is 0 Å². The number of rotatable bonds is 6. The predicted molar refractivity (Wildman–Crippen MR) is 128 cm³/mol. The molecule has 1 aliphatic rings. The number of likely N-dealkylation sites (tertiary alicyclic amines) is 1. The third-order valence-electron chi connectivity index (χ3n) is 5.98. The normalized spacial score (nSPS) is 15.6. The second-order valence-corrected chi connectivity index (χ2v) is 8.53. The molecule has 4 heterocycles. The van der Waals surface area contributed by atoms with Crippen LogP contribution in [0.5, 0.6) is 0 Å². The molecule has 182 valence electrons. The molecule has 0 bridgehead atoms. The number of amides is 1. The SMILES string of the molecule is CCC(CC)NC(=O)c1ccc(-n2ccc3cc(C=O)cnc32)cn1.CN1CCC(F)(F)CC1. The molecule has 0 atom stereocenters.